The molecule has 2 rings (SSSR count). The summed E-state index contributed by atoms with van der Waals surface area (Å²) in [6.07, 6.45) is -2.89. The predicted octanol–water partition coefficient (Wildman–Crippen LogP) is 2.50. The van der Waals surface area contributed by atoms with E-state index in [1.54, 1.807) is 0 Å². The Bertz CT molecular complexity index is 705. The molecule has 1 aromatic heterocycles. The van der Waals surface area contributed by atoms with E-state index in [-0.39, 0.29) is 16.3 Å². The van der Waals surface area contributed by atoms with Crippen LogP contribution >= 0.6 is 0 Å². The first kappa shape index (κ1) is 13.6. The van der Waals surface area contributed by atoms with Gasteiger partial charge in [-0.15, -0.1) is 0 Å². The smallest absolute Gasteiger partial charge is 0.344 e. The molecule has 0 unspecified atom stereocenters. The highest BCUT2D eigenvalue weighted by molar-refractivity contribution is 7.90. The molecule has 0 atom stereocenters. The molecule has 2 aromatic rings. The molecule has 0 aliphatic carbocycles. The van der Waals surface area contributed by atoms with Gasteiger partial charge in [0, 0.05) is 18.0 Å². The third-order valence-corrected chi connectivity index (χ3v) is 3.56. The molecule has 0 aliphatic rings. The zero-order chi connectivity index (χ0) is 14.3. The number of rotatable bonds is 2. The minimum absolute atomic E-state index is 0.0712. The molecule has 102 valence electrons. The molecule has 19 heavy (non-hydrogen) atoms. The number of halogens is 3. The molecule has 0 bridgehead atoms. The number of hydrogen-bond acceptors (Lipinski definition) is 3. The van der Waals surface area contributed by atoms with Crippen molar-refractivity contribution in [3.05, 3.63) is 36.2 Å². The number of nitrogens with zero attached hydrogens (tertiary/aromatic N) is 1. The van der Waals surface area contributed by atoms with Crippen molar-refractivity contribution in [2.45, 2.75) is 11.1 Å². The summed E-state index contributed by atoms with van der Waals surface area (Å²) < 4.78 is 60.5. The lowest BCUT2D eigenvalue weighted by atomic mass is 10.2. The quantitative estimate of drug-likeness (QED) is 0.924. The molecule has 1 N–H and O–H groups in total. The number of benzene rings is 1. The van der Waals surface area contributed by atoms with Gasteiger partial charge in [-0.25, -0.2) is 13.4 Å². The molecule has 0 fully saturated rings. The highest BCUT2D eigenvalue weighted by Gasteiger charge is 2.34. The monoisotopic (exact) mass is 290 g/mol. The first-order valence-electron chi connectivity index (χ1n) is 5.11. The van der Waals surface area contributed by atoms with E-state index in [0.717, 1.165) is 6.26 Å². The molecular formula is C11H9F3N2O2S. The molecule has 0 spiro atoms. The Morgan fingerprint density at radius 2 is 1.84 bits per heavy atom. The van der Waals surface area contributed by atoms with E-state index in [9.17, 15) is 21.6 Å². The third kappa shape index (κ3) is 2.78. The fourth-order valence-electron chi connectivity index (χ4n) is 1.59. The molecule has 1 heterocycles. The van der Waals surface area contributed by atoms with Gasteiger partial charge in [-0.1, -0.05) is 12.1 Å². The maximum absolute atomic E-state index is 12.5. The highest BCUT2D eigenvalue weighted by Crippen LogP contribution is 2.31. The molecule has 4 nitrogen and oxygen atoms in total. The molecule has 1 aromatic carbocycles. The summed E-state index contributed by atoms with van der Waals surface area (Å²) in [5.74, 6) is -0.131. The van der Waals surface area contributed by atoms with Crippen LogP contribution in [0.4, 0.5) is 13.2 Å². The van der Waals surface area contributed by atoms with Crippen molar-refractivity contribution in [3.63, 3.8) is 0 Å². The first-order valence-corrected chi connectivity index (χ1v) is 7.01. The highest BCUT2D eigenvalue weighted by atomic mass is 32.2. The van der Waals surface area contributed by atoms with Crippen LogP contribution in [0.3, 0.4) is 0 Å². The third-order valence-electron chi connectivity index (χ3n) is 2.41. The predicted molar refractivity (Wildman–Crippen MR) is 62.1 cm³/mol. The number of imidazole rings is 1. The van der Waals surface area contributed by atoms with E-state index in [0.29, 0.717) is 6.20 Å². The van der Waals surface area contributed by atoms with Crippen molar-refractivity contribution in [2.24, 2.45) is 0 Å². The van der Waals surface area contributed by atoms with Crippen LogP contribution in [-0.4, -0.2) is 24.6 Å². The van der Waals surface area contributed by atoms with Gasteiger partial charge in [0.05, 0.1) is 4.90 Å². The van der Waals surface area contributed by atoms with Gasteiger partial charge in [0.25, 0.3) is 0 Å². The van der Waals surface area contributed by atoms with Gasteiger partial charge in [0.1, 0.15) is 5.82 Å². The Morgan fingerprint density at radius 1 is 1.21 bits per heavy atom. The van der Waals surface area contributed by atoms with Gasteiger partial charge in [-0.05, 0) is 12.1 Å². The molecule has 0 aliphatic heterocycles. The van der Waals surface area contributed by atoms with Crippen LogP contribution in [0.2, 0.25) is 0 Å². The summed E-state index contributed by atoms with van der Waals surface area (Å²) in [4.78, 5) is 5.66. The minimum atomic E-state index is -4.57. The van der Waals surface area contributed by atoms with Gasteiger partial charge < -0.3 is 4.98 Å². The molecule has 0 radical (unpaired) electrons. The van der Waals surface area contributed by atoms with Crippen molar-refractivity contribution >= 4 is 9.84 Å². The van der Waals surface area contributed by atoms with Gasteiger partial charge >= 0.3 is 6.18 Å². The van der Waals surface area contributed by atoms with Crippen molar-refractivity contribution in [1.29, 1.82) is 0 Å². The number of nitrogens with one attached hydrogen (secondary N) is 1. The van der Waals surface area contributed by atoms with E-state index < -0.39 is 21.7 Å². The lowest BCUT2D eigenvalue weighted by Crippen LogP contribution is -2.05. The van der Waals surface area contributed by atoms with Crippen molar-refractivity contribution in [3.8, 4) is 11.4 Å². The molecular weight excluding hydrogens is 281 g/mol. The van der Waals surface area contributed by atoms with Gasteiger partial charge in [-0.2, -0.15) is 13.2 Å². The van der Waals surface area contributed by atoms with Crippen LogP contribution in [0.15, 0.2) is 35.4 Å². The van der Waals surface area contributed by atoms with Crippen molar-refractivity contribution in [2.75, 3.05) is 6.26 Å². The van der Waals surface area contributed by atoms with E-state index in [1.165, 1.54) is 24.3 Å². The molecule has 0 saturated heterocycles. The first-order chi connectivity index (χ1) is 8.69. The Labute approximate surface area is 107 Å². The number of sulfone groups is 1. The molecule has 8 heteroatoms. The van der Waals surface area contributed by atoms with Crippen LogP contribution < -0.4 is 0 Å². The van der Waals surface area contributed by atoms with Crippen LogP contribution in [-0.2, 0) is 16.0 Å². The second-order valence-corrected chi connectivity index (χ2v) is 5.88. The number of hydrogen-bond donors (Lipinski definition) is 1. The number of aromatic nitrogens is 2. The maximum Gasteiger partial charge on any atom is 0.434 e. The molecule has 0 saturated carbocycles. The average Bonchev–Trinajstić information content (AvgIpc) is 2.76. The maximum atomic E-state index is 12.5. The van der Waals surface area contributed by atoms with Gasteiger partial charge in [0.15, 0.2) is 15.5 Å². The van der Waals surface area contributed by atoms with E-state index in [1.807, 2.05) is 0 Å². The number of aromatic amines is 1. The summed E-state index contributed by atoms with van der Waals surface area (Å²) in [6, 6.07) is 5.74. The zero-order valence-electron chi connectivity index (χ0n) is 9.69. The fraction of sp³-hybridized carbons (Fsp3) is 0.182. The normalized spacial score (nSPS) is 12.6. The Morgan fingerprint density at radius 3 is 2.37 bits per heavy atom. The Balaban J connectivity index is 2.58. The second kappa shape index (κ2) is 4.37. The van der Waals surface area contributed by atoms with Crippen molar-refractivity contribution < 1.29 is 21.6 Å². The summed E-state index contributed by atoms with van der Waals surface area (Å²) >= 11 is 0. The second-order valence-electron chi connectivity index (χ2n) is 3.90. The Hall–Kier alpha value is -1.83. The summed E-state index contributed by atoms with van der Waals surface area (Å²) in [5.41, 5.74) is -0.980. The lowest BCUT2D eigenvalue weighted by molar-refractivity contribution is -0.140. The van der Waals surface area contributed by atoms with Crippen LogP contribution in [0.25, 0.3) is 11.4 Å². The summed E-state index contributed by atoms with van der Waals surface area (Å²) in [7, 11) is -3.55. The van der Waals surface area contributed by atoms with Crippen LogP contribution in [0, 0.1) is 0 Å². The summed E-state index contributed by atoms with van der Waals surface area (Å²) in [5, 5.41) is 0. The van der Waals surface area contributed by atoms with E-state index in [2.05, 4.69) is 9.97 Å². The Kier molecular flexibility index (Phi) is 3.13. The SMILES string of the molecule is CS(=O)(=O)c1ccccc1-c1nc(C(F)(F)F)c[nH]1. The van der Waals surface area contributed by atoms with Gasteiger partial charge in [0.2, 0.25) is 0 Å². The lowest BCUT2D eigenvalue weighted by Gasteiger charge is -2.05. The standard InChI is InChI=1S/C11H9F3N2O2S/c1-19(17,18)8-5-3-2-4-7(8)10-15-6-9(16-10)11(12,13)14/h2-6H,1H3,(H,15,16). The minimum Gasteiger partial charge on any atom is -0.344 e. The zero-order valence-corrected chi connectivity index (χ0v) is 10.5. The van der Waals surface area contributed by atoms with Crippen LogP contribution in [0.1, 0.15) is 5.69 Å². The number of alkyl halides is 3. The summed E-state index contributed by atoms with van der Waals surface area (Å²) in [6.45, 7) is 0. The van der Waals surface area contributed by atoms with Gasteiger partial charge in [-0.3, -0.25) is 0 Å². The fourth-order valence-corrected chi connectivity index (χ4v) is 2.48. The molecule has 0 amide bonds. The van der Waals surface area contributed by atoms with Crippen LogP contribution in [0.5, 0.6) is 0 Å². The average molecular weight is 290 g/mol. The topological polar surface area (TPSA) is 62.8 Å². The van der Waals surface area contributed by atoms with Crippen molar-refractivity contribution in [1.82, 2.24) is 9.97 Å². The van der Waals surface area contributed by atoms with E-state index >= 15 is 0 Å². The largest absolute Gasteiger partial charge is 0.434 e. The number of H-pyrrole nitrogens is 1. The van der Waals surface area contributed by atoms with E-state index in [4.69, 9.17) is 0 Å².